The summed E-state index contributed by atoms with van der Waals surface area (Å²) in [7, 11) is 0. The number of nitrogens with zero attached hydrogens (tertiary/aromatic N) is 3. The first-order valence-corrected chi connectivity index (χ1v) is 6.85. The van der Waals surface area contributed by atoms with E-state index in [2.05, 4.69) is 28.7 Å². The van der Waals surface area contributed by atoms with Crippen molar-refractivity contribution >= 4 is 17.4 Å². The summed E-state index contributed by atoms with van der Waals surface area (Å²) in [6.07, 6.45) is 1.20. The Bertz CT molecular complexity index is 413. The molecule has 2 rings (SSSR count). The third kappa shape index (κ3) is 3.12. The molecule has 2 atom stereocenters. The largest absolute Gasteiger partial charge is 0.374 e. The fraction of sp³-hybridized carbons (Fsp3) is 0.692. The molecular weight excluding hydrogens is 250 g/mol. The zero-order chi connectivity index (χ0) is 13.1. The summed E-state index contributed by atoms with van der Waals surface area (Å²) in [6, 6.07) is 2.34. The number of anilines is 1. The van der Waals surface area contributed by atoms with Gasteiger partial charge in [-0.15, -0.1) is 0 Å². The van der Waals surface area contributed by atoms with Crippen LogP contribution in [0.5, 0.6) is 0 Å². The highest BCUT2D eigenvalue weighted by atomic mass is 35.5. The molecule has 100 valence electrons. The molecular formula is C13H20ClN3O. The second-order valence-corrected chi connectivity index (χ2v) is 5.33. The zero-order valence-electron chi connectivity index (χ0n) is 11.2. The molecule has 5 heteroatoms. The van der Waals surface area contributed by atoms with Crippen molar-refractivity contribution in [3.05, 3.63) is 17.0 Å². The minimum absolute atomic E-state index is 0.418. The van der Waals surface area contributed by atoms with E-state index in [9.17, 15) is 0 Å². The smallest absolute Gasteiger partial charge is 0.158 e. The van der Waals surface area contributed by atoms with Gasteiger partial charge in [0.2, 0.25) is 0 Å². The van der Waals surface area contributed by atoms with Crippen LogP contribution in [0.3, 0.4) is 0 Å². The third-order valence-electron chi connectivity index (χ3n) is 3.24. The van der Waals surface area contributed by atoms with E-state index in [1.807, 2.05) is 13.0 Å². The monoisotopic (exact) mass is 269 g/mol. The van der Waals surface area contributed by atoms with E-state index in [0.29, 0.717) is 36.2 Å². The Hall–Kier alpha value is -0.870. The summed E-state index contributed by atoms with van der Waals surface area (Å²) in [4.78, 5) is 11.0. The average molecular weight is 270 g/mol. The van der Waals surface area contributed by atoms with E-state index >= 15 is 0 Å². The Balaban J connectivity index is 2.19. The number of hydrogen-bond donors (Lipinski definition) is 0. The van der Waals surface area contributed by atoms with Crippen LogP contribution in [0.2, 0.25) is 5.15 Å². The lowest BCUT2D eigenvalue weighted by atomic mass is 10.1. The molecule has 0 bridgehead atoms. The number of rotatable bonds is 4. The molecule has 1 saturated heterocycles. The molecule has 0 spiro atoms. The summed E-state index contributed by atoms with van der Waals surface area (Å²) < 4.78 is 5.34. The zero-order valence-corrected chi connectivity index (χ0v) is 11.9. The molecule has 4 nitrogen and oxygen atoms in total. The van der Waals surface area contributed by atoms with E-state index in [1.54, 1.807) is 0 Å². The molecule has 0 saturated carbocycles. The Morgan fingerprint density at radius 3 is 2.83 bits per heavy atom. The second kappa shape index (κ2) is 5.85. The van der Waals surface area contributed by atoms with Crippen molar-refractivity contribution < 1.29 is 4.74 Å². The van der Waals surface area contributed by atoms with Crippen molar-refractivity contribution in [2.45, 2.75) is 39.8 Å². The Morgan fingerprint density at radius 1 is 1.44 bits per heavy atom. The highest BCUT2D eigenvalue weighted by molar-refractivity contribution is 6.29. The highest BCUT2D eigenvalue weighted by Gasteiger charge is 2.27. The molecule has 2 heterocycles. The van der Waals surface area contributed by atoms with Crippen LogP contribution in [0.25, 0.3) is 0 Å². The molecule has 2 unspecified atom stereocenters. The van der Waals surface area contributed by atoms with Gasteiger partial charge in [-0.3, -0.25) is 0 Å². The van der Waals surface area contributed by atoms with Crippen LogP contribution in [0.15, 0.2) is 6.07 Å². The molecule has 0 aromatic carbocycles. The lowest BCUT2D eigenvalue weighted by Gasteiger charge is -2.23. The van der Waals surface area contributed by atoms with Gasteiger partial charge in [-0.05, 0) is 26.2 Å². The highest BCUT2D eigenvalue weighted by Crippen LogP contribution is 2.28. The van der Waals surface area contributed by atoms with Gasteiger partial charge in [-0.2, -0.15) is 0 Å². The predicted molar refractivity (Wildman–Crippen MR) is 73.0 cm³/mol. The molecule has 1 aliphatic heterocycles. The maximum absolute atomic E-state index is 6.06. The van der Waals surface area contributed by atoms with Crippen molar-refractivity contribution in [3.63, 3.8) is 0 Å². The maximum atomic E-state index is 6.06. The first kappa shape index (κ1) is 13.6. The lowest BCUT2D eigenvalue weighted by Crippen LogP contribution is -2.28. The molecule has 1 fully saturated rings. The molecule has 0 amide bonds. The van der Waals surface area contributed by atoms with Crippen LogP contribution in [0.4, 0.5) is 5.82 Å². The fourth-order valence-corrected chi connectivity index (χ4v) is 2.67. The second-order valence-electron chi connectivity index (χ2n) is 4.94. The van der Waals surface area contributed by atoms with Gasteiger partial charge in [-0.25, -0.2) is 9.97 Å². The van der Waals surface area contributed by atoms with Gasteiger partial charge in [0.1, 0.15) is 17.6 Å². The molecule has 0 N–H and O–H groups in total. The van der Waals surface area contributed by atoms with E-state index in [4.69, 9.17) is 16.3 Å². The minimum atomic E-state index is 0.418. The van der Waals surface area contributed by atoms with Crippen molar-refractivity contribution in [2.24, 2.45) is 5.92 Å². The quantitative estimate of drug-likeness (QED) is 0.788. The molecule has 0 aliphatic carbocycles. The minimum Gasteiger partial charge on any atom is -0.374 e. The average Bonchev–Trinajstić information content (AvgIpc) is 2.65. The van der Waals surface area contributed by atoms with Gasteiger partial charge in [0, 0.05) is 25.3 Å². The third-order valence-corrected chi connectivity index (χ3v) is 3.43. The van der Waals surface area contributed by atoms with Crippen molar-refractivity contribution in [1.82, 2.24) is 9.97 Å². The SMILES string of the molecule is CCOCc1nc(Cl)cc(N2CC(C)CC2C)n1. The van der Waals surface area contributed by atoms with Gasteiger partial charge >= 0.3 is 0 Å². The van der Waals surface area contributed by atoms with Gasteiger partial charge in [-0.1, -0.05) is 18.5 Å². The van der Waals surface area contributed by atoms with Crippen LogP contribution in [-0.2, 0) is 11.3 Å². The number of halogens is 1. The first-order valence-electron chi connectivity index (χ1n) is 6.48. The van der Waals surface area contributed by atoms with Crippen molar-refractivity contribution in [3.8, 4) is 0 Å². The lowest BCUT2D eigenvalue weighted by molar-refractivity contribution is 0.128. The molecule has 1 aromatic heterocycles. The van der Waals surface area contributed by atoms with Crippen LogP contribution in [0, 0.1) is 5.92 Å². The molecule has 1 aliphatic rings. The fourth-order valence-electron chi connectivity index (χ4n) is 2.48. The number of aromatic nitrogens is 2. The Kier molecular flexibility index (Phi) is 4.40. The van der Waals surface area contributed by atoms with Gasteiger partial charge in [0.15, 0.2) is 5.82 Å². The first-order chi connectivity index (χ1) is 8.60. The summed E-state index contributed by atoms with van der Waals surface area (Å²) in [5.41, 5.74) is 0. The van der Waals surface area contributed by atoms with Crippen LogP contribution < -0.4 is 4.90 Å². The van der Waals surface area contributed by atoms with Crippen molar-refractivity contribution in [1.29, 1.82) is 0 Å². The topological polar surface area (TPSA) is 38.2 Å². The number of hydrogen-bond acceptors (Lipinski definition) is 4. The Morgan fingerprint density at radius 2 is 2.22 bits per heavy atom. The normalized spacial score (nSPS) is 23.7. The van der Waals surface area contributed by atoms with Gasteiger partial charge in [0.25, 0.3) is 0 Å². The van der Waals surface area contributed by atoms with Gasteiger partial charge < -0.3 is 9.64 Å². The summed E-state index contributed by atoms with van der Waals surface area (Å²) in [6.45, 7) is 8.55. The van der Waals surface area contributed by atoms with Gasteiger partial charge in [0.05, 0.1) is 0 Å². The predicted octanol–water partition coefficient (Wildman–Crippen LogP) is 2.90. The maximum Gasteiger partial charge on any atom is 0.158 e. The van der Waals surface area contributed by atoms with E-state index < -0.39 is 0 Å². The van der Waals surface area contributed by atoms with Crippen LogP contribution >= 0.6 is 11.6 Å². The van der Waals surface area contributed by atoms with E-state index in [-0.39, 0.29) is 0 Å². The van der Waals surface area contributed by atoms with E-state index in [0.717, 1.165) is 12.4 Å². The van der Waals surface area contributed by atoms with Crippen LogP contribution in [0.1, 0.15) is 33.0 Å². The molecule has 0 radical (unpaired) electrons. The summed E-state index contributed by atoms with van der Waals surface area (Å²) in [5.74, 6) is 2.27. The molecule has 18 heavy (non-hydrogen) atoms. The summed E-state index contributed by atoms with van der Waals surface area (Å²) in [5, 5.41) is 0.487. The van der Waals surface area contributed by atoms with Crippen molar-refractivity contribution in [2.75, 3.05) is 18.1 Å². The standard InChI is InChI=1S/C13H20ClN3O/c1-4-18-8-12-15-11(14)6-13(16-12)17-7-9(2)5-10(17)3/h6,9-10H,4-5,7-8H2,1-3H3. The Labute approximate surface area is 113 Å². The summed E-state index contributed by atoms with van der Waals surface area (Å²) >= 11 is 6.06. The van der Waals surface area contributed by atoms with Crippen LogP contribution in [-0.4, -0.2) is 29.2 Å². The number of ether oxygens (including phenoxy) is 1. The van der Waals surface area contributed by atoms with E-state index in [1.165, 1.54) is 6.42 Å². The molecule has 1 aromatic rings.